The minimum Gasteiger partial charge on any atom is -0.496 e. The van der Waals surface area contributed by atoms with Gasteiger partial charge in [-0.3, -0.25) is 4.90 Å². The van der Waals surface area contributed by atoms with Gasteiger partial charge in [-0.15, -0.1) is 0 Å². The van der Waals surface area contributed by atoms with E-state index in [1.54, 1.807) is 12.0 Å². The molecule has 1 aliphatic heterocycles. The first-order valence-electron chi connectivity index (χ1n) is 5.93. The van der Waals surface area contributed by atoms with Crippen molar-refractivity contribution in [2.75, 3.05) is 20.2 Å². The third kappa shape index (κ3) is 2.56. The first-order valence-corrected chi connectivity index (χ1v) is 5.93. The molecule has 1 saturated heterocycles. The third-order valence-electron chi connectivity index (χ3n) is 3.01. The number of carbonyl (C=O) groups is 1. The van der Waals surface area contributed by atoms with Crippen molar-refractivity contribution in [2.45, 2.75) is 19.6 Å². The van der Waals surface area contributed by atoms with Crippen molar-refractivity contribution >= 4 is 6.09 Å². The summed E-state index contributed by atoms with van der Waals surface area (Å²) in [7, 11) is 1.62. The number of nitrogens with zero attached hydrogens (tertiary/aromatic N) is 1. The van der Waals surface area contributed by atoms with Crippen LogP contribution in [0.2, 0.25) is 0 Å². The number of nitrogens with two attached hydrogens (primary N) is 1. The van der Waals surface area contributed by atoms with Crippen molar-refractivity contribution in [1.82, 2.24) is 4.90 Å². The fourth-order valence-corrected chi connectivity index (χ4v) is 2.06. The van der Waals surface area contributed by atoms with Crippen LogP contribution < -0.4 is 10.5 Å². The Morgan fingerprint density at radius 3 is 2.94 bits per heavy atom. The van der Waals surface area contributed by atoms with Crippen LogP contribution in [0.5, 0.6) is 5.75 Å². The molecule has 98 valence electrons. The van der Waals surface area contributed by atoms with E-state index in [2.05, 4.69) is 0 Å². The minimum atomic E-state index is -0.311. The monoisotopic (exact) mass is 250 g/mol. The fraction of sp³-hybridized carbons (Fsp3) is 0.462. The molecule has 0 radical (unpaired) electrons. The molecule has 18 heavy (non-hydrogen) atoms. The van der Waals surface area contributed by atoms with Crippen LogP contribution in [0.25, 0.3) is 0 Å². The van der Waals surface area contributed by atoms with Crippen LogP contribution in [0.1, 0.15) is 11.1 Å². The number of benzene rings is 1. The van der Waals surface area contributed by atoms with Crippen LogP contribution in [0.15, 0.2) is 18.2 Å². The Balaban J connectivity index is 2.14. The highest BCUT2D eigenvalue weighted by Crippen LogP contribution is 2.23. The van der Waals surface area contributed by atoms with Gasteiger partial charge in [-0.2, -0.15) is 0 Å². The molecule has 1 atom stereocenters. The summed E-state index contributed by atoms with van der Waals surface area (Å²) in [6.07, 6.45) is -0.512. The molecule has 0 aliphatic carbocycles. The molecule has 1 fully saturated rings. The molecule has 0 spiro atoms. The first-order chi connectivity index (χ1) is 8.63. The molecular weight excluding hydrogens is 232 g/mol. The number of aryl methyl sites for hydroxylation is 1. The lowest BCUT2D eigenvalue weighted by Gasteiger charge is -2.15. The molecule has 5 heteroatoms. The maximum absolute atomic E-state index is 11.6. The maximum Gasteiger partial charge on any atom is 0.410 e. The van der Waals surface area contributed by atoms with Crippen LogP contribution >= 0.6 is 0 Å². The average molecular weight is 250 g/mol. The number of hydrogen-bond donors (Lipinski definition) is 1. The van der Waals surface area contributed by atoms with E-state index in [0.29, 0.717) is 19.6 Å². The zero-order chi connectivity index (χ0) is 13.1. The van der Waals surface area contributed by atoms with Gasteiger partial charge < -0.3 is 15.2 Å². The zero-order valence-corrected chi connectivity index (χ0v) is 10.7. The number of cyclic esters (lactones) is 1. The van der Waals surface area contributed by atoms with E-state index in [0.717, 1.165) is 16.9 Å². The van der Waals surface area contributed by atoms with E-state index in [4.69, 9.17) is 15.2 Å². The third-order valence-corrected chi connectivity index (χ3v) is 3.01. The molecule has 1 aromatic rings. The molecule has 5 nitrogen and oxygen atoms in total. The molecule has 1 amide bonds. The summed E-state index contributed by atoms with van der Waals surface area (Å²) in [4.78, 5) is 13.3. The number of hydrogen-bond acceptors (Lipinski definition) is 4. The van der Waals surface area contributed by atoms with E-state index in [9.17, 15) is 4.79 Å². The van der Waals surface area contributed by atoms with Gasteiger partial charge >= 0.3 is 6.09 Å². The molecule has 2 N–H and O–H groups in total. The summed E-state index contributed by atoms with van der Waals surface area (Å²) in [5.41, 5.74) is 7.62. The fourth-order valence-electron chi connectivity index (χ4n) is 2.06. The van der Waals surface area contributed by atoms with Gasteiger partial charge in [-0.25, -0.2) is 4.79 Å². The lowest BCUT2D eigenvalue weighted by Crippen LogP contribution is -2.27. The predicted molar refractivity (Wildman–Crippen MR) is 67.5 cm³/mol. The first kappa shape index (κ1) is 12.7. The molecule has 0 aromatic heterocycles. The van der Waals surface area contributed by atoms with Crippen molar-refractivity contribution in [3.63, 3.8) is 0 Å². The molecule has 1 unspecified atom stereocenters. The van der Waals surface area contributed by atoms with Gasteiger partial charge in [0.05, 0.1) is 20.2 Å². The van der Waals surface area contributed by atoms with Crippen molar-refractivity contribution in [1.29, 1.82) is 0 Å². The van der Waals surface area contributed by atoms with Gasteiger partial charge in [0.25, 0.3) is 0 Å². The lowest BCUT2D eigenvalue weighted by atomic mass is 10.1. The van der Waals surface area contributed by atoms with E-state index in [1.807, 2.05) is 25.1 Å². The Bertz CT molecular complexity index is 448. The molecule has 2 rings (SSSR count). The average Bonchev–Trinajstić information content (AvgIpc) is 2.71. The van der Waals surface area contributed by atoms with Gasteiger partial charge in [0.15, 0.2) is 0 Å². The smallest absolute Gasteiger partial charge is 0.410 e. The van der Waals surface area contributed by atoms with Crippen LogP contribution in [0, 0.1) is 6.92 Å². The van der Waals surface area contributed by atoms with Crippen LogP contribution in [0.4, 0.5) is 4.79 Å². The summed E-state index contributed by atoms with van der Waals surface area (Å²) in [5.74, 6) is 0.782. The molecule has 1 aliphatic rings. The second-order valence-corrected chi connectivity index (χ2v) is 4.44. The summed E-state index contributed by atoms with van der Waals surface area (Å²) < 4.78 is 10.4. The second-order valence-electron chi connectivity index (χ2n) is 4.44. The van der Waals surface area contributed by atoms with Gasteiger partial charge in [0.2, 0.25) is 0 Å². The zero-order valence-electron chi connectivity index (χ0n) is 10.7. The normalized spacial score (nSPS) is 18.9. The Morgan fingerprint density at radius 1 is 1.56 bits per heavy atom. The number of rotatable bonds is 4. The number of methoxy groups -OCH3 is 1. The van der Waals surface area contributed by atoms with E-state index in [-0.39, 0.29) is 12.2 Å². The lowest BCUT2D eigenvalue weighted by molar-refractivity contribution is 0.134. The summed E-state index contributed by atoms with van der Waals surface area (Å²) >= 11 is 0. The van der Waals surface area contributed by atoms with Crippen LogP contribution in [0.3, 0.4) is 0 Å². The minimum absolute atomic E-state index is 0.201. The van der Waals surface area contributed by atoms with Crippen molar-refractivity contribution in [3.05, 3.63) is 29.3 Å². The maximum atomic E-state index is 11.6. The van der Waals surface area contributed by atoms with E-state index >= 15 is 0 Å². The molecule has 0 bridgehead atoms. The Hall–Kier alpha value is -1.75. The number of carbonyl (C=O) groups excluding carboxylic acids is 1. The standard InChI is InChI=1S/C13H18N2O3/c1-9-3-4-12(17-2)10(5-9)7-15-8-11(6-14)18-13(15)16/h3-5,11H,6-8,14H2,1-2H3. The topological polar surface area (TPSA) is 64.8 Å². The van der Waals surface area contributed by atoms with Crippen LogP contribution in [-0.4, -0.2) is 37.3 Å². The molecule has 1 heterocycles. The van der Waals surface area contributed by atoms with Gasteiger partial charge in [-0.05, 0) is 13.0 Å². The summed E-state index contributed by atoms with van der Waals surface area (Å²) in [6.45, 7) is 3.38. The highest BCUT2D eigenvalue weighted by Gasteiger charge is 2.30. The van der Waals surface area contributed by atoms with Gasteiger partial charge in [0, 0.05) is 12.1 Å². The highest BCUT2D eigenvalue weighted by atomic mass is 16.6. The summed E-state index contributed by atoms with van der Waals surface area (Å²) in [6, 6.07) is 5.90. The van der Waals surface area contributed by atoms with Crippen molar-refractivity contribution in [3.8, 4) is 5.75 Å². The van der Waals surface area contributed by atoms with Crippen LogP contribution in [-0.2, 0) is 11.3 Å². The number of amides is 1. The quantitative estimate of drug-likeness (QED) is 0.874. The van der Waals surface area contributed by atoms with Gasteiger partial charge in [-0.1, -0.05) is 17.7 Å². The van der Waals surface area contributed by atoms with Gasteiger partial charge in [0.1, 0.15) is 11.9 Å². The summed E-state index contributed by atoms with van der Waals surface area (Å²) in [5, 5.41) is 0. The molecule has 1 aromatic carbocycles. The highest BCUT2D eigenvalue weighted by molar-refractivity contribution is 5.70. The predicted octanol–water partition coefficient (Wildman–Crippen LogP) is 1.28. The largest absolute Gasteiger partial charge is 0.496 e. The van der Waals surface area contributed by atoms with Crippen molar-refractivity contribution < 1.29 is 14.3 Å². The van der Waals surface area contributed by atoms with E-state index in [1.165, 1.54) is 0 Å². The Kier molecular flexibility index (Phi) is 3.72. The van der Waals surface area contributed by atoms with Crippen molar-refractivity contribution in [2.24, 2.45) is 5.73 Å². The SMILES string of the molecule is COc1ccc(C)cc1CN1CC(CN)OC1=O. The molecular formula is C13H18N2O3. The molecule has 0 saturated carbocycles. The Morgan fingerprint density at radius 2 is 2.33 bits per heavy atom. The second kappa shape index (κ2) is 5.27. The van der Waals surface area contributed by atoms with E-state index < -0.39 is 0 Å². The Labute approximate surface area is 106 Å². The number of ether oxygens (including phenoxy) is 2.